The molecule has 0 fully saturated rings. The molecule has 15 heavy (non-hydrogen) atoms. The van der Waals surface area contributed by atoms with Crippen molar-refractivity contribution in [1.82, 2.24) is 5.48 Å². The molecule has 2 N–H and O–H groups in total. The number of hydrogen-bond acceptors (Lipinski definition) is 3. The molecule has 1 aromatic rings. The van der Waals surface area contributed by atoms with Crippen molar-refractivity contribution in [2.45, 2.75) is 6.92 Å². The minimum Gasteiger partial charge on any atom is -0.394 e. The summed E-state index contributed by atoms with van der Waals surface area (Å²) in [6.45, 7) is 1.85. The minimum absolute atomic E-state index is 0.0821. The van der Waals surface area contributed by atoms with Gasteiger partial charge in [-0.25, -0.2) is 5.48 Å². The number of benzene rings is 1. The zero-order chi connectivity index (χ0) is 11.3. The van der Waals surface area contributed by atoms with Crippen LogP contribution in [0.4, 0.5) is 0 Å². The average molecular weight is 274 g/mol. The summed E-state index contributed by atoms with van der Waals surface area (Å²) >= 11 is 3.30. The van der Waals surface area contributed by atoms with Crippen LogP contribution in [0, 0.1) is 6.92 Å². The third kappa shape index (κ3) is 3.99. The van der Waals surface area contributed by atoms with Gasteiger partial charge in [0.1, 0.15) is 0 Å². The summed E-state index contributed by atoms with van der Waals surface area (Å²) in [4.78, 5) is 16.2. The number of aryl methyl sites for hydroxylation is 1. The van der Waals surface area contributed by atoms with Gasteiger partial charge in [-0.1, -0.05) is 15.9 Å². The lowest BCUT2D eigenvalue weighted by atomic mass is 10.1. The van der Waals surface area contributed by atoms with Gasteiger partial charge in [-0.3, -0.25) is 9.63 Å². The minimum atomic E-state index is -0.326. The molecule has 4 nitrogen and oxygen atoms in total. The van der Waals surface area contributed by atoms with Crippen molar-refractivity contribution in [3.63, 3.8) is 0 Å². The zero-order valence-electron chi connectivity index (χ0n) is 8.29. The van der Waals surface area contributed by atoms with E-state index in [2.05, 4.69) is 21.4 Å². The molecule has 0 aliphatic rings. The highest BCUT2D eigenvalue weighted by atomic mass is 79.9. The van der Waals surface area contributed by atoms with Gasteiger partial charge >= 0.3 is 0 Å². The Morgan fingerprint density at radius 1 is 1.53 bits per heavy atom. The predicted molar refractivity (Wildman–Crippen MR) is 59.4 cm³/mol. The largest absolute Gasteiger partial charge is 0.394 e. The molecule has 0 heterocycles. The SMILES string of the molecule is Cc1cc(Br)cc(C(=O)NOCCO)c1. The first kappa shape index (κ1) is 12.2. The van der Waals surface area contributed by atoms with Crippen LogP contribution in [0.3, 0.4) is 0 Å². The molecule has 0 unspecified atom stereocenters. The van der Waals surface area contributed by atoms with Crippen LogP contribution < -0.4 is 5.48 Å². The predicted octanol–water partition coefficient (Wildman–Crippen LogP) is 1.41. The van der Waals surface area contributed by atoms with E-state index < -0.39 is 0 Å². The fourth-order valence-corrected chi connectivity index (χ4v) is 1.70. The van der Waals surface area contributed by atoms with Gasteiger partial charge in [0.2, 0.25) is 0 Å². The Hall–Kier alpha value is -0.910. The van der Waals surface area contributed by atoms with Crippen LogP contribution in [0.5, 0.6) is 0 Å². The molecule has 0 atom stereocenters. The number of amides is 1. The number of carbonyl (C=O) groups excluding carboxylic acids is 1. The standard InChI is InChI=1S/C10H12BrNO3/c1-7-4-8(6-9(11)5-7)10(14)12-15-3-2-13/h4-6,13H,2-3H2,1H3,(H,12,14). The van der Waals surface area contributed by atoms with Crippen LogP contribution in [0.1, 0.15) is 15.9 Å². The summed E-state index contributed by atoms with van der Waals surface area (Å²) < 4.78 is 0.842. The van der Waals surface area contributed by atoms with E-state index in [1.165, 1.54) is 0 Å². The van der Waals surface area contributed by atoms with Gasteiger partial charge in [0.15, 0.2) is 0 Å². The van der Waals surface area contributed by atoms with E-state index in [-0.39, 0.29) is 19.1 Å². The van der Waals surface area contributed by atoms with E-state index in [0.717, 1.165) is 10.0 Å². The summed E-state index contributed by atoms with van der Waals surface area (Å²) in [5.41, 5.74) is 3.73. The number of halogens is 1. The molecule has 82 valence electrons. The van der Waals surface area contributed by atoms with E-state index in [0.29, 0.717) is 5.56 Å². The summed E-state index contributed by atoms with van der Waals surface area (Å²) in [5, 5.41) is 8.45. The van der Waals surface area contributed by atoms with E-state index in [1.54, 1.807) is 12.1 Å². The molecular formula is C10H12BrNO3. The third-order valence-corrected chi connectivity index (χ3v) is 2.12. The van der Waals surface area contributed by atoms with Crippen LogP contribution in [-0.4, -0.2) is 24.2 Å². The van der Waals surface area contributed by atoms with Gasteiger partial charge in [-0.05, 0) is 30.7 Å². The summed E-state index contributed by atoms with van der Waals surface area (Å²) in [5.74, 6) is -0.326. The van der Waals surface area contributed by atoms with Crippen molar-refractivity contribution >= 4 is 21.8 Å². The Morgan fingerprint density at radius 2 is 2.27 bits per heavy atom. The molecule has 5 heteroatoms. The molecule has 0 radical (unpaired) electrons. The van der Waals surface area contributed by atoms with Gasteiger partial charge in [0, 0.05) is 10.0 Å². The van der Waals surface area contributed by atoms with Gasteiger partial charge in [0.05, 0.1) is 13.2 Å². The fourth-order valence-electron chi connectivity index (χ4n) is 1.09. The van der Waals surface area contributed by atoms with Crippen molar-refractivity contribution in [1.29, 1.82) is 0 Å². The maximum absolute atomic E-state index is 11.5. The number of aliphatic hydroxyl groups excluding tert-OH is 1. The van der Waals surface area contributed by atoms with Gasteiger partial charge in [-0.2, -0.15) is 0 Å². The lowest BCUT2D eigenvalue weighted by Crippen LogP contribution is -2.25. The van der Waals surface area contributed by atoms with Crippen LogP contribution in [-0.2, 0) is 4.84 Å². The van der Waals surface area contributed by atoms with Crippen LogP contribution in [0.25, 0.3) is 0 Å². The second-order valence-electron chi connectivity index (χ2n) is 3.02. The molecule has 0 aromatic heterocycles. The first-order valence-corrected chi connectivity index (χ1v) is 5.23. The number of nitrogens with one attached hydrogen (secondary N) is 1. The Bertz CT molecular complexity index is 334. The van der Waals surface area contributed by atoms with Crippen molar-refractivity contribution in [3.05, 3.63) is 33.8 Å². The highest BCUT2D eigenvalue weighted by Gasteiger charge is 2.06. The Morgan fingerprint density at radius 3 is 2.87 bits per heavy atom. The zero-order valence-corrected chi connectivity index (χ0v) is 9.87. The second-order valence-corrected chi connectivity index (χ2v) is 3.94. The molecule has 1 aromatic carbocycles. The molecule has 1 amide bonds. The average Bonchev–Trinajstić information content (AvgIpc) is 2.16. The molecule has 0 spiro atoms. The Kier molecular flexibility index (Phi) is 4.74. The van der Waals surface area contributed by atoms with Crippen molar-refractivity contribution in [2.75, 3.05) is 13.2 Å². The topological polar surface area (TPSA) is 58.6 Å². The monoisotopic (exact) mass is 273 g/mol. The van der Waals surface area contributed by atoms with Crippen LogP contribution >= 0.6 is 15.9 Å². The first-order valence-electron chi connectivity index (χ1n) is 4.43. The maximum atomic E-state index is 11.5. The lowest BCUT2D eigenvalue weighted by molar-refractivity contribution is 0.0168. The number of rotatable bonds is 4. The lowest BCUT2D eigenvalue weighted by Gasteiger charge is -2.05. The van der Waals surface area contributed by atoms with E-state index in [9.17, 15) is 4.79 Å². The number of carbonyl (C=O) groups is 1. The van der Waals surface area contributed by atoms with Crippen molar-refractivity contribution in [2.24, 2.45) is 0 Å². The van der Waals surface area contributed by atoms with E-state index >= 15 is 0 Å². The molecule has 0 aliphatic carbocycles. The molecule has 0 saturated heterocycles. The smallest absolute Gasteiger partial charge is 0.274 e. The molecule has 0 aliphatic heterocycles. The highest BCUT2D eigenvalue weighted by Crippen LogP contribution is 2.15. The first-order chi connectivity index (χ1) is 7.13. The normalized spacial score (nSPS) is 10.1. The van der Waals surface area contributed by atoms with E-state index in [1.807, 2.05) is 13.0 Å². The summed E-state index contributed by atoms with van der Waals surface area (Å²) in [6, 6.07) is 5.36. The number of hydroxylamine groups is 1. The van der Waals surface area contributed by atoms with Crippen LogP contribution in [0.15, 0.2) is 22.7 Å². The third-order valence-electron chi connectivity index (χ3n) is 1.66. The Labute approximate surface area is 96.3 Å². The molecule has 0 saturated carbocycles. The summed E-state index contributed by atoms with van der Waals surface area (Å²) in [7, 11) is 0. The van der Waals surface area contributed by atoms with Crippen molar-refractivity contribution < 1.29 is 14.7 Å². The number of hydrogen-bond donors (Lipinski definition) is 2. The van der Waals surface area contributed by atoms with Gasteiger partial charge in [0.25, 0.3) is 5.91 Å². The molecule has 0 bridgehead atoms. The van der Waals surface area contributed by atoms with Crippen LogP contribution in [0.2, 0.25) is 0 Å². The number of aliphatic hydroxyl groups is 1. The fraction of sp³-hybridized carbons (Fsp3) is 0.300. The highest BCUT2D eigenvalue weighted by molar-refractivity contribution is 9.10. The molecule has 1 rings (SSSR count). The Balaban J connectivity index is 2.65. The quantitative estimate of drug-likeness (QED) is 0.644. The second kappa shape index (κ2) is 5.85. The maximum Gasteiger partial charge on any atom is 0.274 e. The molecular weight excluding hydrogens is 262 g/mol. The van der Waals surface area contributed by atoms with Crippen molar-refractivity contribution in [3.8, 4) is 0 Å². The van der Waals surface area contributed by atoms with E-state index in [4.69, 9.17) is 9.94 Å². The summed E-state index contributed by atoms with van der Waals surface area (Å²) in [6.07, 6.45) is 0. The van der Waals surface area contributed by atoms with Gasteiger partial charge < -0.3 is 5.11 Å². The van der Waals surface area contributed by atoms with Gasteiger partial charge in [-0.15, -0.1) is 0 Å².